The minimum Gasteiger partial charge on any atom is -0.356 e. The Morgan fingerprint density at radius 1 is 1.29 bits per heavy atom. The van der Waals surface area contributed by atoms with Gasteiger partial charge in [-0.25, -0.2) is 0 Å². The van der Waals surface area contributed by atoms with Gasteiger partial charge in [-0.15, -0.1) is 35.3 Å². The lowest BCUT2D eigenvalue weighted by Gasteiger charge is -2.15. The fourth-order valence-electron chi connectivity index (χ4n) is 2.27. The highest BCUT2D eigenvalue weighted by atomic mass is 127. The highest BCUT2D eigenvalue weighted by Gasteiger charge is 2.06. The Balaban J connectivity index is 0.00000288. The number of nitrogens with zero attached hydrogens (tertiary/aromatic N) is 2. The molecular formula is C18H23IN4S. The second kappa shape index (κ2) is 11.0. The van der Waals surface area contributed by atoms with E-state index >= 15 is 0 Å². The third-order valence-electron chi connectivity index (χ3n) is 3.49. The number of hydrogen-bond donors (Lipinski definition) is 2. The van der Waals surface area contributed by atoms with Crippen molar-refractivity contribution in [3.63, 3.8) is 0 Å². The third-order valence-corrected chi connectivity index (χ3v) is 4.39. The van der Waals surface area contributed by atoms with Crippen molar-refractivity contribution in [1.82, 2.24) is 10.6 Å². The van der Waals surface area contributed by atoms with Gasteiger partial charge >= 0.3 is 0 Å². The maximum absolute atomic E-state index is 8.93. The first-order valence-electron chi connectivity index (χ1n) is 7.67. The van der Waals surface area contributed by atoms with Gasteiger partial charge in [0.15, 0.2) is 5.96 Å². The molecule has 0 saturated heterocycles. The highest BCUT2D eigenvalue weighted by molar-refractivity contribution is 14.0. The smallest absolute Gasteiger partial charge is 0.191 e. The largest absolute Gasteiger partial charge is 0.356 e. The molecule has 0 fully saturated rings. The van der Waals surface area contributed by atoms with Crippen LogP contribution in [0.2, 0.25) is 0 Å². The normalized spacial score (nSPS) is 12.0. The van der Waals surface area contributed by atoms with Crippen molar-refractivity contribution in [2.24, 2.45) is 10.9 Å². The van der Waals surface area contributed by atoms with Crippen LogP contribution in [-0.2, 0) is 13.0 Å². The molecule has 2 aromatic rings. The van der Waals surface area contributed by atoms with E-state index in [-0.39, 0.29) is 24.0 Å². The van der Waals surface area contributed by atoms with E-state index < -0.39 is 0 Å². The SMILES string of the molecule is CN=C(NCc1cccc(C#N)c1)NCC(C)Cc1cccs1.I. The molecule has 1 aromatic heterocycles. The Hall–Kier alpha value is -1.59. The number of thiophene rings is 1. The van der Waals surface area contributed by atoms with Crippen LogP contribution in [0, 0.1) is 17.2 Å². The Bertz CT molecular complexity index is 677. The fourth-order valence-corrected chi connectivity index (χ4v) is 3.14. The number of nitrogens with one attached hydrogen (secondary N) is 2. The zero-order valence-corrected chi connectivity index (χ0v) is 17.1. The number of nitriles is 1. The molecule has 1 unspecified atom stereocenters. The third kappa shape index (κ3) is 6.89. The van der Waals surface area contributed by atoms with Crippen molar-refractivity contribution in [3.8, 4) is 6.07 Å². The first-order chi connectivity index (χ1) is 11.2. The molecule has 24 heavy (non-hydrogen) atoms. The van der Waals surface area contributed by atoms with Crippen LogP contribution in [0.5, 0.6) is 0 Å². The van der Waals surface area contributed by atoms with E-state index in [0.29, 0.717) is 18.0 Å². The fraction of sp³-hybridized carbons (Fsp3) is 0.333. The molecule has 0 spiro atoms. The summed E-state index contributed by atoms with van der Waals surface area (Å²) >= 11 is 1.80. The summed E-state index contributed by atoms with van der Waals surface area (Å²) in [5.41, 5.74) is 1.75. The predicted octanol–water partition coefficient (Wildman–Crippen LogP) is 3.78. The summed E-state index contributed by atoms with van der Waals surface area (Å²) in [6, 6.07) is 14.0. The molecule has 2 rings (SSSR count). The Labute approximate surface area is 165 Å². The van der Waals surface area contributed by atoms with Crippen molar-refractivity contribution in [2.45, 2.75) is 19.9 Å². The molecule has 0 amide bonds. The molecular weight excluding hydrogens is 431 g/mol. The quantitative estimate of drug-likeness (QED) is 0.397. The zero-order chi connectivity index (χ0) is 16.5. The number of hydrogen-bond acceptors (Lipinski definition) is 3. The molecule has 4 nitrogen and oxygen atoms in total. The van der Waals surface area contributed by atoms with Gasteiger partial charge in [-0.05, 0) is 41.5 Å². The minimum absolute atomic E-state index is 0. The van der Waals surface area contributed by atoms with Crippen molar-refractivity contribution >= 4 is 41.3 Å². The molecule has 1 heterocycles. The van der Waals surface area contributed by atoms with Crippen LogP contribution >= 0.6 is 35.3 Å². The molecule has 1 aromatic carbocycles. The lowest BCUT2D eigenvalue weighted by Crippen LogP contribution is -2.39. The highest BCUT2D eigenvalue weighted by Crippen LogP contribution is 2.13. The molecule has 0 aliphatic heterocycles. The van der Waals surface area contributed by atoms with Crippen molar-refractivity contribution < 1.29 is 0 Å². The van der Waals surface area contributed by atoms with E-state index in [4.69, 9.17) is 5.26 Å². The maximum Gasteiger partial charge on any atom is 0.191 e. The predicted molar refractivity (Wildman–Crippen MR) is 112 cm³/mol. The first kappa shape index (κ1) is 20.5. The summed E-state index contributed by atoms with van der Waals surface area (Å²) < 4.78 is 0. The number of halogens is 1. The average molecular weight is 454 g/mol. The molecule has 0 aliphatic rings. The van der Waals surface area contributed by atoms with Gasteiger partial charge in [0.2, 0.25) is 0 Å². The molecule has 0 saturated carbocycles. The van der Waals surface area contributed by atoms with Gasteiger partial charge in [-0.2, -0.15) is 5.26 Å². The summed E-state index contributed by atoms with van der Waals surface area (Å²) in [6.45, 7) is 3.75. The molecule has 0 radical (unpaired) electrons. The summed E-state index contributed by atoms with van der Waals surface area (Å²) in [4.78, 5) is 5.66. The van der Waals surface area contributed by atoms with Crippen LogP contribution in [0.1, 0.15) is 22.9 Å². The molecule has 0 bridgehead atoms. The molecule has 1 atom stereocenters. The van der Waals surface area contributed by atoms with Gasteiger partial charge in [0.25, 0.3) is 0 Å². The monoisotopic (exact) mass is 454 g/mol. The number of benzene rings is 1. The van der Waals surface area contributed by atoms with Crippen LogP contribution in [0.3, 0.4) is 0 Å². The van der Waals surface area contributed by atoms with Crippen molar-refractivity contribution in [2.75, 3.05) is 13.6 Å². The summed E-state index contributed by atoms with van der Waals surface area (Å²) in [7, 11) is 1.77. The summed E-state index contributed by atoms with van der Waals surface area (Å²) in [5.74, 6) is 1.32. The van der Waals surface area contributed by atoms with Crippen LogP contribution in [-0.4, -0.2) is 19.6 Å². The topological polar surface area (TPSA) is 60.2 Å². The van der Waals surface area contributed by atoms with E-state index in [9.17, 15) is 0 Å². The van der Waals surface area contributed by atoms with Crippen LogP contribution < -0.4 is 10.6 Å². The van der Waals surface area contributed by atoms with Crippen molar-refractivity contribution in [3.05, 3.63) is 57.8 Å². The van der Waals surface area contributed by atoms with E-state index in [1.165, 1.54) is 4.88 Å². The van der Waals surface area contributed by atoms with Crippen LogP contribution in [0.15, 0.2) is 46.8 Å². The van der Waals surface area contributed by atoms with Gasteiger partial charge in [-0.3, -0.25) is 4.99 Å². The summed E-state index contributed by atoms with van der Waals surface area (Å²) in [5, 5.41) is 17.7. The van der Waals surface area contributed by atoms with Gasteiger partial charge in [0.05, 0.1) is 11.6 Å². The number of aliphatic imine (C=N–C) groups is 1. The lowest BCUT2D eigenvalue weighted by atomic mass is 10.1. The van der Waals surface area contributed by atoms with Gasteiger partial charge < -0.3 is 10.6 Å². The average Bonchev–Trinajstić information content (AvgIpc) is 3.08. The number of guanidine groups is 1. The first-order valence-corrected chi connectivity index (χ1v) is 8.55. The van der Waals surface area contributed by atoms with E-state index in [2.05, 4.69) is 46.1 Å². The Morgan fingerprint density at radius 2 is 2.12 bits per heavy atom. The van der Waals surface area contributed by atoms with Crippen LogP contribution in [0.4, 0.5) is 0 Å². The van der Waals surface area contributed by atoms with Gasteiger partial charge in [0, 0.05) is 25.0 Å². The second-order valence-electron chi connectivity index (χ2n) is 5.51. The Morgan fingerprint density at radius 3 is 2.79 bits per heavy atom. The van der Waals surface area contributed by atoms with E-state index in [1.54, 1.807) is 18.4 Å². The minimum atomic E-state index is 0. The molecule has 6 heteroatoms. The standard InChI is InChI=1S/C18H22N4S.HI/c1-14(9-17-7-4-8-23-17)12-21-18(20-2)22-13-16-6-3-5-15(10-16)11-19;/h3-8,10,14H,9,12-13H2,1-2H3,(H2,20,21,22);1H. The lowest BCUT2D eigenvalue weighted by molar-refractivity contribution is 0.562. The van der Waals surface area contributed by atoms with Gasteiger partial charge in [0.1, 0.15) is 0 Å². The number of rotatable bonds is 6. The van der Waals surface area contributed by atoms with E-state index in [0.717, 1.165) is 24.5 Å². The summed E-state index contributed by atoms with van der Waals surface area (Å²) in [6.07, 6.45) is 1.08. The Kier molecular flexibility index (Phi) is 9.42. The molecule has 2 N–H and O–H groups in total. The van der Waals surface area contributed by atoms with Gasteiger partial charge in [-0.1, -0.05) is 25.1 Å². The van der Waals surface area contributed by atoms with Crippen LogP contribution in [0.25, 0.3) is 0 Å². The second-order valence-corrected chi connectivity index (χ2v) is 6.54. The molecule has 0 aliphatic carbocycles. The maximum atomic E-state index is 8.93. The van der Waals surface area contributed by atoms with Crippen molar-refractivity contribution in [1.29, 1.82) is 5.26 Å². The zero-order valence-electron chi connectivity index (χ0n) is 14.0. The van der Waals surface area contributed by atoms with E-state index in [1.807, 2.05) is 24.3 Å². The molecule has 128 valence electrons.